The second-order valence-electron chi connectivity index (χ2n) is 6.53. The number of hydrogen-bond acceptors (Lipinski definition) is 2. The third-order valence-electron chi connectivity index (χ3n) is 4.74. The molecule has 2 rings (SSSR count). The number of rotatable bonds is 3. The van der Waals surface area contributed by atoms with E-state index >= 15 is 0 Å². The number of imide groups is 1. The van der Waals surface area contributed by atoms with Crippen LogP contribution < -0.4 is 15.5 Å². The van der Waals surface area contributed by atoms with Crippen molar-refractivity contribution in [2.24, 2.45) is 5.92 Å². The van der Waals surface area contributed by atoms with Crippen molar-refractivity contribution in [3.63, 3.8) is 0 Å². The van der Waals surface area contributed by atoms with E-state index in [2.05, 4.69) is 17.6 Å². The molecule has 1 heterocycles. The smallest absolute Gasteiger partial charge is 0.321 e. The monoisotopic (exact) mass is 282 g/mol. The summed E-state index contributed by atoms with van der Waals surface area (Å²) in [6.07, 6.45) is 6.83. The number of carbonyl (C=O) groups is 2. The first kappa shape index (κ1) is 15.3. The second kappa shape index (κ2) is 7.07. The van der Waals surface area contributed by atoms with Gasteiger partial charge in [0.1, 0.15) is 0 Å². The van der Waals surface area contributed by atoms with E-state index in [1.165, 1.54) is 30.6 Å². The summed E-state index contributed by atoms with van der Waals surface area (Å²) in [6.45, 7) is 6.21. The molecule has 5 heteroatoms. The first-order valence-electron chi connectivity index (χ1n) is 8.02. The van der Waals surface area contributed by atoms with Crippen LogP contribution in [0.2, 0.25) is 0 Å². The Bertz CT molecular complexity index is 353. The lowest BCUT2D eigenvalue weighted by Gasteiger charge is -2.31. The Morgan fingerprint density at radius 1 is 1.15 bits per heavy atom. The Morgan fingerprint density at radius 2 is 1.85 bits per heavy atom. The summed E-state index contributed by atoms with van der Waals surface area (Å²) >= 11 is 0. The molecule has 114 valence electrons. The Hall–Kier alpha value is -1.10. The SMILES string of the molecule is C[C@@H]1CCC[NH+]([C@@H](C)C(=O)NC(=O)NC2CCCC2)C1. The number of nitrogens with one attached hydrogen (secondary N) is 3. The van der Waals surface area contributed by atoms with Crippen molar-refractivity contribution in [1.82, 2.24) is 10.6 Å². The van der Waals surface area contributed by atoms with E-state index in [0.29, 0.717) is 5.92 Å². The van der Waals surface area contributed by atoms with E-state index in [4.69, 9.17) is 0 Å². The van der Waals surface area contributed by atoms with Gasteiger partial charge < -0.3 is 10.2 Å². The first-order valence-corrected chi connectivity index (χ1v) is 8.02. The van der Waals surface area contributed by atoms with Gasteiger partial charge in [0, 0.05) is 12.0 Å². The number of likely N-dealkylation sites (tertiary alicyclic amines) is 1. The van der Waals surface area contributed by atoms with Crippen LogP contribution in [0.3, 0.4) is 0 Å². The Labute approximate surface area is 121 Å². The van der Waals surface area contributed by atoms with Crippen molar-refractivity contribution in [2.45, 2.75) is 64.5 Å². The summed E-state index contributed by atoms with van der Waals surface area (Å²) < 4.78 is 0. The van der Waals surface area contributed by atoms with Crippen molar-refractivity contribution in [2.75, 3.05) is 13.1 Å². The number of quaternary nitrogens is 1. The minimum Gasteiger partial charge on any atom is -0.335 e. The van der Waals surface area contributed by atoms with Gasteiger partial charge in [-0.1, -0.05) is 19.8 Å². The second-order valence-corrected chi connectivity index (χ2v) is 6.53. The predicted molar refractivity (Wildman–Crippen MR) is 77.5 cm³/mol. The molecule has 0 spiro atoms. The molecule has 0 aromatic rings. The zero-order chi connectivity index (χ0) is 14.5. The molecule has 0 aromatic heterocycles. The molecule has 1 aliphatic carbocycles. The molecular formula is C15H28N3O2+. The molecule has 5 nitrogen and oxygen atoms in total. The molecule has 1 aliphatic heterocycles. The third kappa shape index (κ3) is 4.20. The van der Waals surface area contributed by atoms with Crippen LogP contribution in [0.5, 0.6) is 0 Å². The molecule has 3 atom stereocenters. The normalized spacial score (nSPS) is 28.9. The van der Waals surface area contributed by atoms with E-state index < -0.39 is 0 Å². The molecule has 2 fully saturated rings. The summed E-state index contributed by atoms with van der Waals surface area (Å²) in [4.78, 5) is 25.2. The maximum atomic E-state index is 12.1. The lowest BCUT2D eigenvalue weighted by Crippen LogP contribution is -3.18. The third-order valence-corrected chi connectivity index (χ3v) is 4.74. The van der Waals surface area contributed by atoms with E-state index in [-0.39, 0.29) is 24.0 Å². The Balaban J connectivity index is 1.76. The molecule has 1 saturated heterocycles. The van der Waals surface area contributed by atoms with E-state index in [1.807, 2.05) is 6.92 Å². The first-order chi connectivity index (χ1) is 9.56. The van der Waals surface area contributed by atoms with Gasteiger partial charge in [-0.15, -0.1) is 0 Å². The minimum absolute atomic E-state index is 0.146. The van der Waals surface area contributed by atoms with Gasteiger partial charge in [-0.2, -0.15) is 0 Å². The maximum Gasteiger partial charge on any atom is 0.321 e. The van der Waals surface area contributed by atoms with Gasteiger partial charge in [-0.25, -0.2) is 4.79 Å². The van der Waals surface area contributed by atoms with Gasteiger partial charge in [-0.3, -0.25) is 10.1 Å². The van der Waals surface area contributed by atoms with Crippen LogP contribution in [0.15, 0.2) is 0 Å². The average Bonchev–Trinajstić information content (AvgIpc) is 2.90. The number of amides is 3. The molecule has 20 heavy (non-hydrogen) atoms. The van der Waals surface area contributed by atoms with Crippen LogP contribution >= 0.6 is 0 Å². The fraction of sp³-hybridized carbons (Fsp3) is 0.867. The quantitative estimate of drug-likeness (QED) is 0.704. The maximum absolute atomic E-state index is 12.1. The topological polar surface area (TPSA) is 62.6 Å². The summed E-state index contributed by atoms with van der Waals surface area (Å²) in [5.74, 6) is 0.519. The Kier molecular flexibility index (Phi) is 5.40. The van der Waals surface area contributed by atoms with Crippen molar-refractivity contribution in [3.8, 4) is 0 Å². The van der Waals surface area contributed by atoms with Crippen molar-refractivity contribution in [1.29, 1.82) is 0 Å². The molecule has 1 saturated carbocycles. The summed E-state index contributed by atoms with van der Waals surface area (Å²) in [5, 5.41) is 5.41. The molecule has 2 aliphatic rings. The summed E-state index contributed by atoms with van der Waals surface area (Å²) in [7, 11) is 0. The molecular weight excluding hydrogens is 254 g/mol. The average molecular weight is 282 g/mol. The highest BCUT2D eigenvalue weighted by atomic mass is 16.2. The zero-order valence-corrected chi connectivity index (χ0v) is 12.7. The minimum atomic E-state index is -0.321. The highest BCUT2D eigenvalue weighted by Gasteiger charge is 2.30. The fourth-order valence-electron chi connectivity index (χ4n) is 3.42. The number of carbonyl (C=O) groups excluding carboxylic acids is 2. The highest BCUT2D eigenvalue weighted by Crippen LogP contribution is 2.17. The predicted octanol–water partition coefficient (Wildman–Crippen LogP) is 0.458. The number of hydrogen-bond donors (Lipinski definition) is 3. The molecule has 1 unspecified atom stereocenters. The van der Waals surface area contributed by atoms with Crippen LogP contribution in [0.4, 0.5) is 4.79 Å². The Morgan fingerprint density at radius 3 is 2.50 bits per heavy atom. The van der Waals surface area contributed by atoms with Crippen LogP contribution in [0.25, 0.3) is 0 Å². The van der Waals surface area contributed by atoms with E-state index in [9.17, 15) is 9.59 Å². The molecule has 0 aromatic carbocycles. The van der Waals surface area contributed by atoms with E-state index in [0.717, 1.165) is 25.9 Å². The standard InChI is InChI=1S/C15H27N3O2/c1-11-6-5-9-18(10-11)12(2)14(19)17-15(20)16-13-7-3-4-8-13/h11-13H,3-10H2,1-2H3,(H2,16,17,19,20)/p+1/t11-,12+/m1/s1. The van der Waals surface area contributed by atoms with Gasteiger partial charge in [0.05, 0.1) is 13.1 Å². The van der Waals surface area contributed by atoms with Crippen LogP contribution in [-0.2, 0) is 4.79 Å². The van der Waals surface area contributed by atoms with Crippen molar-refractivity contribution < 1.29 is 14.5 Å². The van der Waals surface area contributed by atoms with Crippen molar-refractivity contribution in [3.05, 3.63) is 0 Å². The van der Waals surface area contributed by atoms with Gasteiger partial charge in [-0.05, 0) is 32.6 Å². The van der Waals surface area contributed by atoms with Gasteiger partial charge in [0.25, 0.3) is 5.91 Å². The van der Waals surface area contributed by atoms with Crippen LogP contribution in [0, 0.1) is 5.92 Å². The summed E-state index contributed by atoms with van der Waals surface area (Å²) in [6, 6.07) is -0.217. The van der Waals surface area contributed by atoms with Gasteiger partial charge in [0.2, 0.25) is 0 Å². The number of piperidine rings is 1. The van der Waals surface area contributed by atoms with E-state index in [1.54, 1.807) is 0 Å². The molecule has 0 radical (unpaired) electrons. The highest BCUT2D eigenvalue weighted by molar-refractivity contribution is 5.96. The molecule has 0 bridgehead atoms. The van der Waals surface area contributed by atoms with Gasteiger partial charge in [0.15, 0.2) is 6.04 Å². The van der Waals surface area contributed by atoms with Crippen LogP contribution in [0.1, 0.15) is 52.4 Å². The van der Waals surface area contributed by atoms with Gasteiger partial charge >= 0.3 is 6.03 Å². The summed E-state index contributed by atoms with van der Waals surface area (Å²) in [5.41, 5.74) is 0. The lowest BCUT2D eigenvalue weighted by atomic mass is 9.99. The van der Waals surface area contributed by atoms with Crippen molar-refractivity contribution >= 4 is 11.9 Å². The molecule has 3 amide bonds. The van der Waals surface area contributed by atoms with Crippen LogP contribution in [-0.4, -0.2) is 37.1 Å². The largest absolute Gasteiger partial charge is 0.335 e. The lowest BCUT2D eigenvalue weighted by molar-refractivity contribution is -0.922. The fourth-order valence-corrected chi connectivity index (χ4v) is 3.42. The zero-order valence-electron chi connectivity index (χ0n) is 12.7. The molecule has 3 N–H and O–H groups in total. The number of urea groups is 1.